The summed E-state index contributed by atoms with van der Waals surface area (Å²) < 4.78 is 32.6. The molecule has 2 atom stereocenters. The van der Waals surface area contributed by atoms with Crippen LogP contribution in [0.15, 0.2) is 96.0 Å². The van der Waals surface area contributed by atoms with E-state index < -0.39 is 22.3 Å². The number of rotatable bonds is 7. The summed E-state index contributed by atoms with van der Waals surface area (Å²) in [4.78, 5) is 0.111. The van der Waals surface area contributed by atoms with Crippen molar-refractivity contribution in [3.05, 3.63) is 102 Å². The van der Waals surface area contributed by atoms with Gasteiger partial charge < -0.3 is 9.67 Å². The molecule has 0 amide bonds. The Morgan fingerprint density at radius 2 is 1.57 bits per heavy atom. The van der Waals surface area contributed by atoms with Crippen molar-refractivity contribution in [3.63, 3.8) is 0 Å². The lowest BCUT2D eigenvalue weighted by molar-refractivity contribution is 0.0785. The van der Waals surface area contributed by atoms with Gasteiger partial charge in [0.2, 0.25) is 0 Å². The van der Waals surface area contributed by atoms with Crippen LogP contribution in [0.5, 0.6) is 0 Å². The Labute approximate surface area is 176 Å². The summed E-state index contributed by atoms with van der Waals surface area (Å²) in [6.07, 6.45) is 0.823. The Kier molecular flexibility index (Phi) is 5.72. The number of aromatic nitrogens is 1. The normalized spacial score (nSPS) is 13.9. The molecule has 0 fully saturated rings. The Bertz CT molecular complexity index is 1250. The van der Waals surface area contributed by atoms with Crippen LogP contribution in [0, 0.1) is 6.92 Å². The van der Waals surface area contributed by atoms with Crippen molar-refractivity contribution >= 4 is 21.0 Å². The topological polar surface area (TPSA) is 68.5 Å². The Hall–Kier alpha value is -2.93. The smallest absolute Gasteiger partial charge is 0.297 e. The zero-order valence-corrected chi connectivity index (χ0v) is 17.4. The van der Waals surface area contributed by atoms with Crippen molar-refractivity contribution in [3.8, 4) is 0 Å². The van der Waals surface area contributed by atoms with Gasteiger partial charge in [-0.25, -0.2) is 0 Å². The molecule has 4 rings (SSSR count). The summed E-state index contributed by atoms with van der Waals surface area (Å²) in [6, 6.07) is 25.5. The molecule has 5 nitrogen and oxygen atoms in total. The molecule has 30 heavy (non-hydrogen) atoms. The molecule has 0 bridgehead atoms. The first kappa shape index (κ1) is 20.3. The minimum absolute atomic E-state index is 0.111. The molecule has 1 heterocycles. The first-order chi connectivity index (χ1) is 14.5. The number of fused-ring (bicyclic) bond motifs is 1. The van der Waals surface area contributed by atoms with Crippen molar-refractivity contribution in [2.45, 2.75) is 24.0 Å². The van der Waals surface area contributed by atoms with Crippen LogP contribution in [0.4, 0.5) is 0 Å². The maximum atomic E-state index is 12.7. The van der Waals surface area contributed by atoms with Gasteiger partial charge in [-0.3, -0.25) is 4.18 Å². The van der Waals surface area contributed by atoms with E-state index in [9.17, 15) is 13.5 Å². The lowest BCUT2D eigenvalue weighted by Gasteiger charge is -2.26. The molecular weight excluding hydrogens is 398 g/mol. The molecule has 0 aliphatic carbocycles. The van der Waals surface area contributed by atoms with E-state index in [4.69, 9.17) is 4.18 Å². The number of hydrogen-bond acceptors (Lipinski definition) is 4. The molecule has 2 unspecified atom stereocenters. The van der Waals surface area contributed by atoms with Crippen LogP contribution < -0.4 is 0 Å². The number of benzene rings is 3. The summed E-state index contributed by atoms with van der Waals surface area (Å²) in [6.45, 7) is 1.36. The second-order valence-electron chi connectivity index (χ2n) is 7.21. The molecule has 0 saturated carbocycles. The van der Waals surface area contributed by atoms with Crippen molar-refractivity contribution in [1.82, 2.24) is 4.57 Å². The molecule has 0 aliphatic rings. The second-order valence-corrected chi connectivity index (χ2v) is 8.79. The van der Waals surface area contributed by atoms with Gasteiger partial charge in [0.25, 0.3) is 10.1 Å². The Balaban J connectivity index is 1.66. The minimum Gasteiger partial charge on any atom is -0.388 e. The first-order valence-corrected chi connectivity index (χ1v) is 11.1. The summed E-state index contributed by atoms with van der Waals surface area (Å²) in [5, 5.41) is 12.1. The Morgan fingerprint density at radius 3 is 2.33 bits per heavy atom. The molecule has 0 aliphatic heterocycles. The Morgan fingerprint density at radius 1 is 0.900 bits per heavy atom. The largest absolute Gasteiger partial charge is 0.388 e. The molecule has 3 aromatic carbocycles. The standard InChI is InChI=1S/C24H23NO4S/c1-18-9-5-8-14-23(18)30(27,28)29-17-22(26)24(20-11-3-2-4-12-20)25-16-15-19-10-6-7-13-21(19)25/h2-16,22,24,26H,17H2,1H3. The number of aryl methyl sites for hydroxylation is 1. The van der Waals surface area contributed by atoms with Gasteiger partial charge in [0, 0.05) is 11.7 Å². The third kappa shape index (κ3) is 4.03. The summed E-state index contributed by atoms with van der Waals surface area (Å²) in [7, 11) is -3.98. The van der Waals surface area contributed by atoms with Crippen molar-refractivity contribution in [1.29, 1.82) is 0 Å². The van der Waals surface area contributed by atoms with Gasteiger partial charge in [-0.15, -0.1) is 0 Å². The average molecular weight is 422 g/mol. The lowest BCUT2D eigenvalue weighted by atomic mass is 10.0. The second kappa shape index (κ2) is 8.44. The number of nitrogens with zero attached hydrogens (tertiary/aromatic N) is 1. The molecule has 4 aromatic rings. The van der Waals surface area contributed by atoms with Crippen molar-refractivity contribution in [2.24, 2.45) is 0 Å². The van der Waals surface area contributed by atoms with Gasteiger partial charge >= 0.3 is 0 Å². The fourth-order valence-electron chi connectivity index (χ4n) is 3.72. The molecule has 0 saturated heterocycles. The van der Waals surface area contributed by atoms with E-state index in [1.165, 1.54) is 6.07 Å². The lowest BCUT2D eigenvalue weighted by Crippen LogP contribution is -2.30. The zero-order valence-electron chi connectivity index (χ0n) is 16.5. The van der Waals surface area contributed by atoms with Crippen LogP contribution in [0.3, 0.4) is 0 Å². The monoisotopic (exact) mass is 421 g/mol. The fourth-order valence-corrected chi connectivity index (χ4v) is 4.87. The number of aliphatic hydroxyl groups is 1. The van der Waals surface area contributed by atoms with E-state index >= 15 is 0 Å². The minimum atomic E-state index is -3.98. The van der Waals surface area contributed by atoms with Crippen molar-refractivity contribution in [2.75, 3.05) is 6.61 Å². The average Bonchev–Trinajstić information content (AvgIpc) is 3.17. The van der Waals surface area contributed by atoms with Crippen LogP contribution in [-0.4, -0.2) is 30.8 Å². The SMILES string of the molecule is Cc1ccccc1S(=O)(=O)OCC(O)C(c1ccccc1)n1ccc2ccccc21. The van der Waals surface area contributed by atoms with E-state index in [-0.39, 0.29) is 11.5 Å². The van der Waals surface area contributed by atoms with E-state index in [1.807, 2.05) is 71.4 Å². The predicted octanol–water partition coefficient (Wildman–Crippen LogP) is 4.31. The van der Waals surface area contributed by atoms with Gasteiger partial charge in [0.05, 0.1) is 17.5 Å². The maximum absolute atomic E-state index is 12.7. The van der Waals surface area contributed by atoms with Crippen LogP contribution in [-0.2, 0) is 14.3 Å². The quantitative estimate of drug-likeness (QED) is 0.452. The number of para-hydroxylation sites is 1. The van der Waals surface area contributed by atoms with Crippen LogP contribution in [0.2, 0.25) is 0 Å². The third-order valence-corrected chi connectivity index (χ3v) is 6.63. The van der Waals surface area contributed by atoms with Gasteiger partial charge in [-0.2, -0.15) is 8.42 Å². The summed E-state index contributed by atoms with van der Waals surface area (Å²) in [5.74, 6) is 0. The molecular formula is C24H23NO4S. The highest BCUT2D eigenvalue weighted by Gasteiger charge is 2.27. The van der Waals surface area contributed by atoms with Gasteiger partial charge in [-0.1, -0.05) is 66.7 Å². The molecule has 0 spiro atoms. The molecule has 0 radical (unpaired) electrons. The highest BCUT2D eigenvalue weighted by atomic mass is 32.2. The summed E-state index contributed by atoms with van der Waals surface area (Å²) in [5.41, 5.74) is 2.42. The highest BCUT2D eigenvalue weighted by Crippen LogP contribution is 2.29. The van der Waals surface area contributed by atoms with Gasteiger partial charge in [0.15, 0.2) is 0 Å². The molecule has 1 aromatic heterocycles. The molecule has 1 N–H and O–H groups in total. The van der Waals surface area contributed by atoms with Crippen LogP contribution in [0.25, 0.3) is 10.9 Å². The predicted molar refractivity (Wildman–Crippen MR) is 117 cm³/mol. The van der Waals surface area contributed by atoms with E-state index in [0.29, 0.717) is 5.56 Å². The number of hydrogen-bond donors (Lipinski definition) is 1. The maximum Gasteiger partial charge on any atom is 0.297 e. The fraction of sp³-hybridized carbons (Fsp3) is 0.167. The van der Waals surface area contributed by atoms with Crippen molar-refractivity contribution < 1.29 is 17.7 Å². The van der Waals surface area contributed by atoms with E-state index in [1.54, 1.807) is 25.1 Å². The molecule has 154 valence electrons. The van der Waals surface area contributed by atoms with E-state index in [2.05, 4.69) is 0 Å². The van der Waals surface area contributed by atoms with Crippen LogP contribution in [0.1, 0.15) is 17.2 Å². The van der Waals surface area contributed by atoms with Crippen LogP contribution >= 0.6 is 0 Å². The van der Waals surface area contributed by atoms with Gasteiger partial charge in [-0.05, 0) is 41.6 Å². The number of aliphatic hydroxyl groups excluding tert-OH is 1. The summed E-state index contributed by atoms with van der Waals surface area (Å²) >= 11 is 0. The van der Waals surface area contributed by atoms with E-state index in [0.717, 1.165) is 16.5 Å². The van der Waals surface area contributed by atoms with Gasteiger partial charge in [0.1, 0.15) is 6.10 Å². The highest BCUT2D eigenvalue weighted by molar-refractivity contribution is 7.86. The first-order valence-electron chi connectivity index (χ1n) is 9.71. The zero-order chi connectivity index (χ0) is 21.1. The molecule has 6 heteroatoms. The third-order valence-electron chi connectivity index (χ3n) is 5.19.